The van der Waals surface area contributed by atoms with Gasteiger partial charge in [-0.25, -0.2) is 0 Å². The summed E-state index contributed by atoms with van der Waals surface area (Å²) in [5.74, 6) is -0.454. The number of ether oxygens (including phenoxy) is 4. The molecule has 2 saturated heterocycles. The van der Waals surface area contributed by atoms with E-state index in [4.69, 9.17) is 18.9 Å². The summed E-state index contributed by atoms with van der Waals surface area (Å²) in [5, 5.41) is 76.6. The van der Waals surface area contributed by atoms with Crippen molar-refractivity contribution >= 4 is 11.9 Å². The third-order valence-electron chi connectivity index (χ3n) is 17.7. The van der Waals surface area contributed by atoms with Gasteiger partial charge in [0.2, 0.25) is 5.91 Å². The standard InChI is InChI=1S/C44H71NO13/c1-22(48)45-30-35(58-37-34(52)33(51)31(49)25(20-46)56-37)32(50)26(21-47)55-36(30)57-29-12-13-41(6)27(40(29,4)5)11-14-43(8)28(41)10-9-23-24-19-39(2,3)15-17-44(24,38(53)54)18-16-42(23,43)7/h9,24-37,46-47,49-52H,10-21H2,1-8H3,(H,45,48)(H,53,54)/t24-,25+,26+,27-,28+,29-,30+,31-,32+,33-,34+,35+,36-,37-,41-,42+,43+,44-/m0/s1. The third-order valence-corrected chi connectivity index (χ3v) is 17.7. The minimum absolute atomic E-state index is 0.0270. The van der Waals surface area contributed by atoms with Crippen molar-refractivity contribution in [3.63, 3.8) is 0 Å². The molecule has 18 atom stereocenters. The van der Waals surface area contributed by atoms with E-state index in [0.29, 0.717) is 18.8 Å². The Hall–Kier alpha value is -1.72. The van der Waals surface area contributed by atoms with Gasteiger partial charge in [-0.1, -0.05) is 60.1 Å². The Balaban J connectivity index is 1.15. The molecule has 5 aliphatic carbocycles. The number of nitrogens with one attached hydrogen (secondary N) is 1. The van der Waals surface area contributed by atoms with E-state index < -0.39 is 91.9 Å². The molecule has 0 aromatic rings. The summed E-state index contributed by atoms with van der Waals surface area (Å²) < 4.78 is 24.8. The van der Waals surface area contributed by atoms with Crippen molar-refractivity contribution in [3.8, 4) is 0 Å². The van der Waals surface area contributed by atoms with Crippen LogP contribution in [0, 0.1) is 50.2 Å². The fourth-order valence-electron chi connectivity index (χ4n) is 14.1. The molecule has 0 bridgehead atoms. The number of carboxylic acid groups (broad SMARTS) is 1. The Bertz CT molecular complexity index is 1600. The van der Waals surface area contributed by atoms with Gasteiger partial charge in [0.05, 0.1) is 24.7 Å². The molecule has 0 aromatic carbocycles. The second kappa shape index (κ2) is 15.3. The molecule has 58 heavy (non-hydrogen) atoms. The topological polar surface area (TPSA) is 225 Å². The van der Waals surface area contributed by atoms with Crippen LogP contribution in [0.5, 0.6) is 0 Å². The molecule has 7 aliphatic rings. The first kappa shape index (κ1) is 44.3. The number of allylic oxidation sites excluding steroid dienone is 2. The molecule has 0 unspecified atom stereocenters. The van der Waals surface area contributed by atoms with E-state index in [9.17, 15) is 45.3 Å². The number of aliphatic carboxylic acids is 1. The molecule has 330 valence electrons. The zero-order valence-corrected chi connectivity index (χ0v) is 35.7. The lowest BCUT2D eigenvalue weighted by Gasteiger charge is -2.71. The van der Waals surface area contributed by atoms with Gasteiger partial charge < -0.3 is 60.0 Å². The lowest BCUT2D eigenvalue weighted by Crippen LogP contribution is -2.69. The molecule has 8 N–H and O–H groups in total. The average Bonchev–Trinajstić information content (AvgIpc) is 3.14. The van der Waals surface area contributed by atoms with Gasteiger partial charge in [0, 0.05) is 6.92 Å². The summed E-state index contributed by atoms with van der Waals surface area (Å²) in [6, 6.07) is -1.14. The minimum atomic E-state index is -1.76. The number of amides is 1. The van der Waals surface area contributed by atoms with E-state index in [0.717, 1.165) is 51.4 Å². The Labute approximate surface area is 343 Å². The third kappa shape index (κ3) is 6.73. The van der Waals surface area contributed by atoms with Crippen molar-refractivity contribution < 1.29 is 64.3 Å². The minimum Gasteiger partial charge on any atom is -0.481 e. The maximum absolute atomic E-state index is 13.1. The number of carbonyl (C=O) groups excluding carboxylic acids is 1. The lowest BCUT2D eigenvalue weighted by molar-refractivity contribution is -0.353. The molecule has 0 radical (unpaired) electrons. The van der Waals surface area contributed by atoms with Crippen LogP contribution in [-0.2, 0) is 28.5 Å². The smallest absolute Gasteiger partial charge is 0.310 e. The number of rotatable bonds is 8. The van der Waals surface area contributed by atoms with Gasteiger partial charge in [0.1, 0.15) is 48.8 Å². The molecule has 7 rings (SSSR count). The van der Waals surface area contributed by atoms with E-state index in [-0.39, 0.29) is 45.0 Å². The highest BCUT2D eigenvalue weighted by atomic mass is 16.7. The molecule has 14 nitrogen and oxygen atoms in total. The molecule has 2 heterocycles. The second-order valence-corrected chi connectivity index (χ2v) is 21.4. The summed E-state index contributed by atoms with van der Waals surface area (Å²) in [4.78, 5) is 25.8. The monoisotopic (exact) mass is 821 g/mol. The zero-order chi connectivity index (χ0) is 42.5. The molecule has 2 aliphatic heterocycles. The van der Waals surface area contributed by atoms with Crippen molar-refractivity contribution in [1.29, 1.82) is 0 Å². The summed E-state index contributed by atoms with van der Waals surface area (Å²) in [7, 11) is 0. The number of hydrogen-bond donors (Lipinski definition) is 8. The summed E-state index contributed by atoms with van der Waals surface area (Å²) >= 11 is 0. The Morgan fingerprint density at radius 3 is 2.05 bits per heavy atom. The highest BCUT2D eigenvalue weighted by Crippen LogP contribution is 2.76. The van der Waals surface area contributed by atoms with Gasteiger partial charge in [0.15, 0.2) is 12.6 Å². The number of aliphatic hydroxyl groups excluding tert-OH is 6. The van der Waals surface area contributed by atoms with Crippen molar-refractivity contribution in [1.82, 2.24) is 5.32 Å². The molecule has 6 fully saturated rings. The fourth-order valence-corrected chi connectivity index (χ4v) is 14.1. The number of carboxylic acids is 1. The van der Waals surface area contributed by atoms with Crippen LogP contribution in [0.2, 0.25) is 0 Å². The quantitative estimate of drug-likeness (QED) is 0.130. The van der Waals surface area contributed by atoms with E-state index in [1.54, 1.807) is 0 Å². The zero-order valence-electron chi connectivity index (χ0n) is 35.7. The van der Waals surface area contributed by atoms with E-state index >= 15 is 0 Å². The lowest BCUT2D eigenvalue weighted by atomic mass is 9.33. The van der Waals surface area contributed by atoms with Crippen LogP contribution in [0.1, 0.15) is 120 Å². The van der Waals surface area contributed by atoms with Gasteiger partial charge in [-0.3, -0.25) is 9.59 Å². The van der Waals surface area contributed by atoms with Crippen LogP contribution in [0.3, 0.4) is 0 Å². The average molecular weight is 822 g/mol. The number of carbonyl (C=O) groups is 2. The molecule has 0 spiro atoms. The van der Waals surface area contributed by atoms with Gasteiger partial charge in [-0.15, -0.1) is 0 Å². The molecule has 14 heteroatoms. The van der Waals surface area contributed by atoms with E-state index in [2.05, 4.69) is 59.9 Å². The molecule has 0 aromatic heterocycles. The summed E-state index contributed by atoms with van der Waals surface area (Å²) in [6.45, 7) is 16.5. The molecule has 1 amide bonds. The van der Waals surface area contributed by atoms with Crippen molar-refractivity contribution in [2.45, 2.75) is 187 Å². The number of aliphatic hydroxyl groups is 6. The summed E-state index contributed by atoms with van der Waals surface area (Å²) in [6.07, 6.45) is -2.61. The molecular weight excluding hydrogens is 750 g/mol. The van der Waals surface area contributed by atoms with Crippen LogP contribution in [0.25, 0.3) is 0 Å². The van der Waals surface area contributed by atoms with Crippen LogP contribution in [0.4, 0.5) is 0 Å². The highest BCUT2D eigenvalue weighted by molar-refractivity contribution is 5.76. The summed E-state index contributed by atoms with van der Waals surface area (Å²) in [5.41, 5.74) is 0.206. The first-order valence-electron chi connectivity index (χ1n) is 21.8. The Morgan fingerprint density at radius 1 is 0.776 bits per heavy atom. The van der Waals surface area contributed by atoms with Crippen molar-refractivity contribution in [2.75, 3.05) is 13.2 Å². The van der Waals surface area contributed by atoms with Gasteiger partial charge in [-0.05, 0) is 109 Å². The Kier molecular flexibility index (Phi) is 11.7. The fraction of sp³-hybridized carbons (Fsp3) is 0.909. The van der Waals surface area contributed by atoms with Crippen LogP contribution < -0.4 is 5.32 Å². The van der Waals surface area contributed by atoms with Crippen LogP contribution in [-0.4, -0.2) is 128 Å². The molecule has 4 saturated carbocycles. The van der Waals surface area contributed by atoms with Crippen molar-refractivity contribution in [2.24, 2.45) is 50.2 Å². The number of fused-ring (bicyclic) bond motifs is 7. The van der Waals surface area contributed by atoms with Crippen molar-refractivity contribution in [3.05, 3.63) is 11.6 Å². The predicted molar refractivity (Wildman–Crippen MR) is 210 cm³/mol. The van der Waals surface area contributed by atoms with Gasteiger partial charge in [0.25, 0.3) is 0 Å². The van der Waals surface area contributed by atoms with E-state index in [1.165, 1.54) is 12.5 Å². The van der Waals surface area contributed by atoms with Gasteiger partial charge >= 0.3 is 5.97 Å². The maximum atomic E-state index is 13.1. The SMILES string of the molecule is CC(=O)N[C@H]1[C@H](O[C@H]2CC[C@]3(C)[C@H]4CC=C5[C@@H]6CC(C)(C)CC[C@]6(C(=O)O)CC[C@@]5(C)[C@]4(C)CC[C@H]3C2(C)C)O[C@H](CO)[C@@H](O)[C@@H]1O[C@@H]1O[C@H](CO)[C@H](O)[C@H](O)[C@H]1O. The second-order valence-electron chi connectivity index (χ2n) is 21.4. The van der Waals surface area contributed by atoms with Gasteiger partial charge in [-0.2, -0.15) is 0 Å². The van der Waals surface area contributed by atoms with E-state index in [1.807, 2.05) is 0 Å². The largest absolute Gasteiger partial charge is 0.481 e. The first-order chi connectivity index (χ1) is 27.0. The predicted octanol–water partition coefficient (Wildman–Crippen LogP) is 3.03. The number of hydrogen-bond acceptors (Lipinski definition) is 12. The first-order valence-corrected chi connectivity index (χ1v) is 21.8. The Morgan fingerprint density at radius 2 is 1.41 bits per heavy atom. The van der Waals surface area contributed by atoms with Crippen LogP contribution in [0.15, 0.2) is 11.6 Å². The molecular formula is C44H71NO13. The maximum Gasteiger partial charge on any atom is 0.310 e. The normalized spacial score (nSPS) is 50.9. The highest BCUT2D eigenvalue weighted by Gasteiger charge is 2.69. The van der Waals surface area contributed by atoms with Crippen LogP contribution >= 0.6 is 0 Å².